The Morgan fingerprint density at radius 1 is 1.03 bits per heavy atom. The zero-order valence-electron chi connectivity index (χ0n) is 19.9. The van der Waals surface area contributed by atoms with Crippen LogP contribution in [0.1, 0.15) is 23.1 Å². The van der Waals surface area contributed by atoms with E-state index in [1.54, 1.807) is 24.3 Å². The van der Waals surface area contributed by atoms with E-state index in [2.05, 4.69) is 5.32 Å². The molecule has 1 saturated heterocycles. The van der Waals surface area contributed by atoms with E-state index in [-0.39, 0.29) is 31.0 Å². The molecule has 1 aliphatic heterocycles. The summed E-state index contributed by atoms with van der Waals surface area (Å²) in [7, 11) is -4.15. The number of sulfonamides is 1. The third-order valence-corrected chi connectivity index (χ3v) is 7.96. The Morgan fingerprint density at radius 2 is 1.71 bits per heavy atom. The first kappa shape index (κ1) is 27.6. The van der Waals surface area contributed by atoms with Crippen molar-refractivity contribution in [2.24, 2.45) is 0 Å². The van der Waals surface area contributed by atoms with Crippen molar-refractivity contribution in [1.82, 2.24) is 9.62 Å². The second-order valence-corrected chi connectivity index (χ2v) is 10.6. The van der Waals surface area contributed by atoms with Crippen molar-refractivity contribution in [2.45, 2.75) is 42.8 Å². The quantitative estimate of drug-likeness (QED) is 0.414. The van der Waals surface area contributed by atoms with E-state index in [9.17, 15) is 35.9 Å². The van der Waals surface area contributed by atoms with Gasteiger partial charge >= 0.3 is 6.18 Å². The van der Waals surface area contributed by atoms with Gasteiger partial charge in [-0.2, -0.15) is 17.5 Å². The van der Waals surface area contributed by atoms with Gasteiger partial charge in [0.05, 0.1) is 16.6 Å². The van der Waals surface area contributed by atoms with E-state index < -0.39 is 45.6 Å². The summed E-state index contributed by atoms with van der Waals surface area (Å²) in [5, 5.41) is 13.0. The molecular formula is C26H24F4N2O5S. The van der Waals surface area contributed by atoms with Crippen molar-refractivity contribution in [1.29, 1.82) is 0 Å². The average Bonchev–Trinajstić information content (AvgIpc) is 3.28. The standard InChI is InChI=1S/C26H24F4N2O5S/c27-20-8-10-22(11-9-20)38(35,36)32-13-12-23(33)24(32)25(34)31-15-18-2-1-3-21(14-18)37-16-17-4-6-19(7-5-17)26(28,29)30/h1-11,14,23-24,33H,12-13,15-16H2,(H,31,34)/t23-,24+/m1/s1. The van der Waals surface area contributed by atoms with E-state index >= 15 is 0 Å². The molecule has 12 heteroatoms. The molecule has 202 valence electrons. The summed E-state index contributed by atoms with van der Waals surface area (Å²) in [6, 6.07) is 14.1. The van der Waals surface area contributed by atoms with Crippen LogP contribution in [0.25, 0.3) is 0 Å². The normalized spacial score (nSPS) is 18.3. The van der Waals surface area contributed by atoms with Crippen LogP contribution in [0.15, 0.2) is 77.7 Å². The molecule has 0 bridgehead atoms. The Hall–Kier alpha value is -3.48. The number of benzene rings is 3. The molecule has 0 radical (unpaired) electrons. The zero-order valence-corrected chi connectivity index (χ0v) is 20.7. The molecule has 38 heavy (non-hydrogen) atoms. The molecule has 3 aromatic rings. The summed E-state index contributed by atoms with van der Waals surface area (Å²) in [5.41, 5.74) is 0.397. The molecule has 1 amide bonds. The van der Waals surface area contributed by atoms with Gasteiger partial charge in [0, 0.05) is 13.1 Å². The largest absolute Gasteiger partial charge is 0.489 e. The lowest BCUT2D eigenvalue weighted by Crippen LogP contribution is -2.49. The molecule has 0 aromatic heterocycles. The minimum absolute atomic E-state index is 0.00394. The molecule has 1 heterocycles. The Labute approximate surface area is 216 Å². The van der Waals surface area contributed by atoms with Gasteiger partial charge in [-0.1, -0.05) is 24.3 Å². The molecule has 0 saturated carbocycles. The SMILES string of the molecule is O=C(NCc1cccc(OCc2ccc(C(F)(F)F)cc2)c1)[C@@H]1[C@H](O)CCN1S(=O)(=O)c1ccc(F)cc1. The molecule has 1 aliphatic rings. The van der Waals surface area contributed by atoms with Crippen molar-refractivity contribution < 1.29 is 40.6 Å². The number of alkyl halides is 3. The highest BCUT2D eigenvalue weighted by Gasteiger charge is 2.45. The predicted octanol–water partition coefficient (Wildman–Crippen LogP) is 3.86. The lowest BCUT2D eigenvalue weighted by Gasteiger charge is -2.25. The zero-order chi connectivity index (χ0) is 27.5. The maximum atomic E-state index is 13.2. The minimum atomic E-state index is -4.42. The van der Waals surface area contributed by atoms with Gasteiger partial charge in [0.1, 0.15) is 24.2 Å². The van der Waals surface area contributed by atoms with Crippen molar-refractivity contribution in [3.63, 3.8) is 0 Å². The van der Waals surface area contributed by atoms with Gasteiger partial charge < -0.3 is 15.2 Å². The average molecular weight is 553 g/mol. The van der Waals surface area contributed by atoms with Crippen LogP contribution < -0.4 is 10.1 Å². The predicted molar refractivity (Wildman–Crippen MR) is 129 cm³/mol. The Kier molecular flexibility index (Phi) is 8.05. The number of aliphatic hydroxyl groups excluding tert-OH is 1. The van der Waals surface area contributed by atoms with E-state index in [4.69, 9.17) is 4.74 Å². The first-order chi connectivity index (χ1) is 17.9. The summed E-state index contributed by atoms with van der Waals surface area (Å²) in [6.45, 7) is -0.0470. The summed E-state index contributed by atoms with van der Waals surface area (Å²) < 4.78 is 84.0. The number of nitrogens with one attached hydrogen (secondary N) is 1. The molecule has 2 N–H and O–H groups in total. The topological polar surface area (TPSA) is 95.9 Å². The number of rotatable bonds is 8. The van der Waals surface area contributed by atoms with Crippen molar-refractivity contribution >= 4 is 15.9 Å². The van der Waals surface area contributed by atoms with Crippen LogP contribution in [0.4, 0.5) is 17.6 Å². The summed E-state index contributed by atoms with van der Waals surface area (Å²) in [5.74, 6) is -0.889. The van der Waals surface area contributed by atoms with Crippen LogP contribution in [-0.4, -0.2) is 42.4 Å². The summed E-state index contributed by atoms with van der Waals surface area (Å²) in [6.07, 6.45) is -5.58. The van der Waals surface area contributed by atoms with Crippen molar-refractivity contribution in [2.75, 3.05) is 6.54 Å². The number of carbonyl (C=O) groups excluding carboxylic acids is 1. The first-order valence-electron chi connectivity index (χ1n) is 11.6. The fraction of sp³-hybridized carbons (Fsp3) is 0.269. The van der Waals surface area contributed by atoms with Crippen molar-refractivity contribution in [3.05, 3.63) is 95.3 Å². The molecule has 0 spiro atoms. The van der Waals surface area contributed by atoms with Gasteiger partial charge in [-0.25, -0.2) is 12.8 Å². The van der Waals surface area contributed by atoms with Crippen LogP contribution in [0.2, 0.25) is 0 Å². The Bertz CT molecular complexity index is 1380. The fourth-order valence-corrected chi connectivity index (χ4v) is 5.69. The van der Waals surface area contributed by atoms with E-state index in [0.29, 0.717) is 16.9 Å². The van der Waals surface area contributed by atoms with Crippen LogP contribution in [0, 0.1) is 5.82 Å². The van der Waals surface area contributed by atoms with Gasteiger partial charge in [-0.05, 0) is 66.1 Å². The molecular weight excluding hydrogens is 528 g/mol. The Balaban J connectivity index is 1.38. The van der Waals surface area contributed by atoms with Gasteiger partial charge in [0.25, 0.3) is 0 Å². The number of hydrogen-bond donors (Lipinski definition) is 2. The van der Waals surface area contributed by atoms with E-state index in [1.807, 2.05) is 0 Å². The molecule has 1 fully saturated rings. The van der Waals surface area contributed by atoms with Gasteiger partial charge in [0.15, 0.2) is 0 Å². The molecule has 0 aliphatic carbocycles. The smallest absolute Gasteiger partial charge is 0.416 e. The number of aliphatic hydroxyl groups is 1. The highest BCUT2D eigenvalue weighted by atomic mass is 32.2. The third-order valence-electron chi connectivity index (χ3n) is 6.06. The second kappa shape index (κ2) is 11.1. The summed E-state index contributed by atoms with van der Waals surface area (Å²) in [4.78, 5) is 12.7. The Morgan fingerprint density at radius 3 is 2.37 bits per heavy atom. The number of amides is 1. The van der Waals surface area contributed by atoms with Crippen molar-refractivity contribution in [3.8, 4) is 5.75 Å². The number of carbonyl (C=O) groups is 1. The third kappa shape index (κ3) is 6.32. The highest BCUT2D eigenvalue weighted by molar-refractivity contribution is 7.89. The number of nitrogens with zero attached hydrogens (tertiary/aromatic N) is 1. The number of hydrogen-bond acceptors (Lipinski definition) is 5. The lowest BCUT2D eigenvalue weighted by molar-refractivity contribution is -0.137. The molecule has 0 unspecified atom stereocenters. The summed E-state index contributed by atoms with van der Waals surface area (Å²) >= 11 is 0. The lowest BCUT2D eigenvalue weighted by atomic mass is 10.1. The van der Waals surface area contributed by atoms with Gasteiger partial charge in [0.2, 0.25) is 15.9 Å². The second-order valence-electron chi connectivity index (χ2n) is 8.72. The molecule has 7 nitrogen and oxygen atoms in total. The van der Waals surface area contributed by atoms with Gasteiger partial charge in [-0.15, -0.1) is 0 Å². The van der Waals surface area contributed by atoms with Crippen LogP contribution >= 0.6 is 0 Å². The van der Waals surface area contributed by atoms with Crippen LogP contribution in [0.3, 0.4) is 0 Å². The minimum Gasteiger partial charge on any atom is -0.489 e. The van der Waals surface area contributed by atoms with Gasteiger partial charge in [-0.3, -0.25) is 4.79 Å². The molecule has 4 rings (SSSR count). The number of ether oxygens (including phenoxy) is 1. The van der Waals surface area contributed by atoms with E-state index in [0.717, 1.165) is 40.7 Å². The molecule has 2 atom stereocenters. The van der Waals surface area contributed by atoms with E-state index in [1.165, 1.54) is 12.1 Å². The monoisotopic (exact) mass is 552 g/mol. The number of halogens is 4. The van der Waals surface area contributed by atoms with Crippen LogP contribution in [-0.2, 0) is 34.1 Å². The molecule has 3 aromatic carbocycles. The fourth-order valence-electron chi connectivity index (χ4n) is 4.06. The maximum absolute atomic E-state index is 13.2. The maximum Gasteiger partial charge on any atom is 0.416 e. The first-order valence-corrected chi connectivity index (χ1v) is 13.0. The highest BCUT2D eigenvalue weighted by Crippen LogP contribution is 2.29. The van der Waals surface area contributed by atoms with Crippen LogP contribution in [0.5, 0.6) is 5.75 Å².